The van der Waals surface area contributed by atoms with Gasteiger partial charge in [-0.2, -0.15) is 0 Å². The maximum absolute atomic E-state index is 4.34. The van der Waals surface area contributed by atoms with Gasteiger partial charge in [0.25, 0.3) is 0 Å². The molecular weight excluding hydrogens is 363 g/mol. The number of nitrogens with zero attached hydrogens (tertiary/aromatic N) is 2. The van der Waals surface area contributed by atoms with Gasteiger partial charge in [-0.1, -0.05) is 25.7 Å². The molecule has 0 aromatic heterocycles. The largest absolute Gasteiger partial charge is 0.355 e. The molecule has 0 aromatic rings. The highest BCUT2D eigenvalue weighted by molar-refractivity contribution is 14.0. The van der Waals surface area contributed by atoms with Crippen LogP contribution in [0.3, 0.4) is 0 Å². The van der Waals surface area contributed by atoms with Crippen LogP contribution in [0.4, 0.5) is 0 Å². The number of hydrogen-bond acceptors (Lipinski definition) is 2. The van der Waals surface area contributed by atoms with Crippen LogP contribution >= 0.6 is 24.0 Å². The molecule has 20 heavy (non-hydrogen) atoms. The number of nitrogens with one attached hydrogen (secondary N) is 2. The van der Waals surface area contributed by atoms with Gasteiger partial charge in [-0.25, -0.2) is 0 Å². The summed E-state index contributed by atoms with van der Waals surface area (Å²) in [6, 6.07) is 0.634. The number of likely N-dealkylation sites (tertiary alicyclic amines) is 1. The van der Waals surface area contributed by atoms with Crippen LogP contribution in [0.5, 0.6) is 0 Å². The summed E-state index contributed by atoms with van der Waals surface area (Å²) >= 11 is 0. The van der Waals surface area contributed by atoms with E-state index in [9.17, 15) is 0 Å². The average Bonchev–Trinajstić information content (AvgIpc) is 2.48. The van der Waals surface area contributed by atoms with Crippen molar-refractivity contribution in [2.75, 3.05) is 33.2 Å². The summed E-state index contributed by atoms with van der Waals surface area (Å²) in [7, 11) is 1.87. The Morgan fingerprint density at radius 1 is 1.05 bits per heavy atom. The Morgan fingerprint density at radius 3 is 2.35 bits per heavy atom. The summed E-state index contributed by atoms with van der Waals surface area (Å²) in [6.07, 6.45) is 10.9. The highest BCUT2D eigenvalue weighted by Crippen LogP contribution is 2.17. The van der Waals surface area contributed by atoms with E-state index in [1.165, 1.54) is 64.5 Å². The predicted molar refractivity (Wildman–Crippen MR) is 97.1 cm³/mol. The van der Waals surface area contributed by atoms with Gasteiger partial charge in [0.15, 0.2) is 5.96 Å². The zero-order valence-electron chi connectivity index (χ0n) is 12.9. The molecule has 1 saturated heterocycles. The lowest BCUT2D eigenvalue weighted by Crippen LogP contribution is -2.46. The predicted octanol–water partition coefficient (Wildman–Crippen LogP) is 2.59. The van der Waals surface area contributed by atoms with Crippen molar-refractivity contribution in [3.63, 3.8) is 0 Å². The molecule has 0 radical (unpaired) electrons. The van der Waals surface area contributed by atoms with E-state index < -0.39 is 0 Å². The van der Waals surface area contributed by atoms with Gasteiger partial charge in [-0.15, -0.1) is 24.0 Å². The van der Waals surface area contributed by atoms with E-state index in [1.807, 2.05) is 7.05 Å². The fourth-order valence-electron chi connectivity index (χ4n) is 3.15. The summed E-state index contributed by atoms with van der Waals surface area (Å²) in [5.41, 5.74) is 0. The van der Waals surface area contributed by atoms with E-state index in [0.717, 1.165) is 19.0 Å². The van der Waals surface area contributed by atoms with Crippen LogP contribution < -0.4 is 10.6 Å². The Hall–Kier alpha value is -0.0400. The second-order valence-corrected chi connectivity index (χ2v) is 5.88. The van der Waals surface area contributed by atoms with Crippen molar-refractivity contribution in [3.05, 3.63) is 0 Å². The van der Waals surface area contributed by atoms with Crippen molar-refractivity contribution in [2.45, 2.75) is 57.4 Å². The van der Waals surface area contributed by atoms with Crippen molar-refractivity contribution < 1.29 is 0 Å². The van der Waals surface area contributed by atoms with Crippen LogP contribution in [0.2, 0.25) is 0 Å². The lowest BCUT2D eigenvalue weighted by molar-refractivity contribution is 0.232. The summed E-state index contributed by atoms with van der Waals surface area (Å²) in [5, 5.41) is 7.02. The summed E-state index contributed by atoms with van der Waals surface area (Å²) in [4.78, 5) is 6.90. The maximum atomic E-state index is 4.34. The van der Waals surface area contributed by atoms with E-state index in [1.54, 1.807) is 0 Å². The third-order valence-electron chi connectivity index (χ3n) is 4.34. The first-order valence-corrected chi connectivity index (χ1v) is 8.08. The first-order valence-electron chi connectivity index (χ1n) is 8.08. The van der Waals surface area contributed by atoms with Crippen LogP contribution in [-0.2, 0) is 0 Å². The highest BCUT2D eigenvalue weighted by Gasteiger charge is 2.14. The SMILES string of the molecule is CN=C(NCCN1CCCCC1)NC1CCCCC1.I. The Labute approximate surface area is 141 Å². The Kier molecular flexibility index (Phi) is 9.59. The minimum absolute atomic E-state index is 0. The molecular formula is C15H31IN4. The van der Waals surface area contributed by atoms with Gasteiger partial charge in [-0.3, -0.25) is 4.99 Å². The minimum atomic E-state index is 0. The van der Waals surface area contributed by atoms with Gasteiger partial charge in [0.1, 0.15) is 0 Å². The number of halogens is 1. The van der Waals surface area contributed by atoms with Gasteiger partial charge in [0, 0.05) is 26.2 Å². The van der Waals surface area contributed by atoms with Gasteiger partial charge < -0.3 is 15.5 Å². The van der Waals surface area contributed by atoms with E-state index in [2.05, 4.69) is 20.5 Å². The standard InChI is InChI=1S/C15H30N4.HI/c1-16-15(18-14-8-4-2-5-9-14)17-10-13-19-11-6-3-7-12-19;/h14H,2-13H2,1H3,(H2,16,17,18);1H. The zero-order valence-corrected chi connectivity index (χ0v) is 15.2. The second-order valence-electron chi connectivity index (χ2n) is 5.88. The fourth-order valence-corrected chi connectivity index (χ4v) is 3.15. The lowest BCUT2D eigenvalue weighted by atomic mass is 9.96. The molecule has 2 N–H and O–H groups in total. The topological polar surface area (TPSA) is 39.7 Å². The molecule has 1 aliphatic heterocycles. The number of rotatable bonds is 4. The maximum Gasteiger partial charge on any atom is 0.191 e. The molecule has 1 aliphatic carbocycles. The van der Waals surface area contributed by atoms with Crippen LogP contribution in [0, 0.1) is 0 Å². The van der Waals surface area contributed by atoms with Crippen molar-refractivity contribution in [3.8, 4) is 0 Å². The van der Waals surface area contributed by atoms with E-state index >= 15 is 0 Å². The highest BCUT2D eigenvalue weighted by atomic mass is 127. The summed E-state index contributed by atoms with van der Waals surface area (Å²) < 4.78 is 0. The Morgan fingerprint density at radius 2 is 1.70 bits per heavy atom. The first-order chi connectivity index (χ1) is 9.38. The molecule has 2 rings (SSSR count). The molecule has 2 aliphatic rings. The second kappa shape index (κ2) is 10.7. The van der Waals surface area contributed by atoms with Crippen LogP contribution in [0.1, 0.15) is 51.4 Å². The Balaban J connectivity index is 0.00000200. The number of aliphatic imine (C=N–C) groups is 1. The molecule has 1 heterocycles. The zero-order chi connectivity index (χ0) is 13.3. The molecule has 1 saturated carbocycles. The third kappa shape index (κ3) is 6.61. The van der Waals surface area contributed by atoms with E-state index in [0.29, 0.717) is 6.04 Å². The third-order valence-corrected chi connectivity index (χ3v) is 4.34. The molecule has 0 atom stereocenters. The van der Waals surface area contributed by atoms with Crippen molar-refractivity contribution in [1.29, 1.82) is 0 Å². The number of hydrogen-bond donors (Lipinski definition) is 2. The average molecular weight is 394 g/mol. The summed E-state index contributed by atoms with van der Waals surface area (Å²) in [6.45, 7) is 4.70. The van der Waals surface area contributed by atoms with Gasteiger partial charge in [0.2, 0.25) is 0 Å². The monoisotopic (exact) mass is 394 g/mol. The quantitative estimate of drug-likeness (QED) is 0.438. The van der Waals surface area contributed by atoms with Crippen LogP contribution in [0.25, 0.3) is 0 Å². The number of guanidine groups is 1. The molecule has 0 aromatic carbocycles. The summed E-state index contributed by atoms with van der Waals surface area (Å²) in [5.74, 6) is 0.990. The van der Waals surface area contributed by atoms with Crippen LogP contribution in [0.15, 0.2) is 4.99 Å². The minimum Gasteiger partial charge on any atom is -0.355 e. The molecule has 2 fully saturated rings. The van der Waals surface area contributed by atoms with Crippen molar-refractivity contribution in [2.24, 2.45) is 4.99 Å². The normalized spacial score (nSPS) is 22.1. The fraction of sp³-hybridized carbons (Fsp3) is 0.933. The van der Waals surface area contributed by atoms with Gasteiger partial charge in [0.05, 0.1) is 0 Å². The molecule has 5 heteroatoms. The molecule has 0 amide bonds. The molecule has 4 nitrogen and oxygen atoms in total. The molecule has 0 spiro atoms. The smallest absolute Gasteiger partial charge is 0.191 e. The van der Waals surface area contributed by atoms with Gasteiger partial charge in [-0.05, 0) is 38.8 Å². The van der Waals surface area contributed by atoms with E-state index in [4.69, 9.17) is 0 Å². The first kappa shape index (κ1) is 18.0. The van der Waals surface area contributed by atoms with Gasteiger partial charge >= 0.3 is 0 Å². The van der Waals surface area contributed by atoms with Crippen molar-refractivity contribution >= 4 is 29.9 Å². The molecule has 0 bridgehead atoms. The van der Waals surface area contributed by atoms with Crippen molar-refractivity contribution in [1.82, 2.24) is 15.5 Å². The Bertz CT molecular complexity index is 271. The van der Waals surface area contributed by atoms with E-state index in [-0.39, 0.29) is 24.0 Å². The van der Waals surface area contributed by atoms with Crippen LogP contribution in [-0.4, -0.2) is 50.1 Å². The number of piperidine rings is 1. The lowest BCUT2D eigenvalue weighted by Gasteiger charge is -2.28. The molecule has 0 unspecified atom stereocenters. The molecule has 118 valence electrons.